The van der Waals surface area contributed by atoms with Crippen molar-refractivity contribution < 1.29 is 14.3 Å². The summed E-state index contributed by atoms with van der Waals surface area (Å²) in [7, 11) is 0. The van der Waals surface area contributed by atoms with Gasteiger partial charge in [-0.15, -0.1) is 0 Å². The van der Waals surface area contributed by atoms with Gasteiger partial charge in [0.05, 0.1) is 24.6 Å². The fourth-order valence-corrected chi connectivity index (χ4v) is 4.56. The van der Waals surface area contributed by atoms with Crippen molar-refractivity contribution >= 4 is 17.5 Å². The first-order valence-corrected chi connectivity index (χ1v) is 11.3. The molecule has 2 fully saturated rings. The Hall–Kier alpha value is -2.67. The normalized spacial score (nSPS) is 17.8. The predicted octanol–water partition coefficient (Wildman–Crippen LogP) is 4.79. The van der Waals surface area contributed by atoms with Crippen LogP contribution in [-0.2, 0) is 9.47 Å². The molecule has 7 heteroatoms. The van der Waals surface area contributed by atoms with Crippen molar-refractivity contribution in [3.05, 3.63) is 70.4 Å². The highest BCUT2D eigenvalue weighted by Crippen LogP contribution is 2.32. The standard InChI is InChI=1S/C25H26ClN3O3/c1-17-6-7-19(14-18(17)2)22-16-23(29(27-22)21-5-3-4-20(26)15-21)24(30)28-10-8-25(9-11-28)31-12-13-32-25/h3-7,14-16H,8-13H2,1-2H3. The number of halogens is 1. The zero-order valence-electron chi connectivity index (χ0n) is 18.3. The van der Waals surface area contributed by atoms with Crippen LogP contribution in [0.25, 0.3) is 16.9 Å². The van der Waals surface area contributed by atoms with Gasteiger partial charge in [0.1, 0.15) is 5.69 Å². The fourth-order valence-electron chi connectivity index (χ4n) is 4.38. The molecule has 0 N–H and O–H groups in total. The first-order valence-electron chi connectivity index (χ1n) is 10.9. The molecule has 0 radical (unpaired) electrons. The minimum atomic E-state index is -0.519. The number of carbonyl (C=O) groups excluding carboxylic acids is 1. The van der Waals surface area contributed by atoms with E-state index in [0.717, 1.165) is 16.9 Å². The van der Waals surface area contributed by atoms with Crippen LogP contribution >= 0.6 is 11.6 Å². The summed E-state index contributed by atoms with van der Waals surface area (Å²) in [5.74, 6) is -0.574. The minimum Gasteiger partial charge on any atom is -0.347 e. The maximum atomic E-state index is 13.6. The van der Waals surface area contributed by atoms with Crippen molar-refractivity contribution in [2.45, 2.75) is 32.5 Å². The Morgan fingerprint density at radius 1 is 1.00 bits per heavy atom. The number of aromatic nitrogens is 2. The number of hydrogen-bond donors (Lipinski definition) is 0. The lowest BCUT2D eigenvalue weighted by Crippen LogP contribution is -2.47. The Kier molecular flexibility index (Phi) is 5.53. The van der Waals surface area contributed by atoms with E-state index < -0.39 is 5.79 Å². The quantitative estimate of drug-likeness (QED) is 0.574. The summed E-state index contributed by atoms with van der Waals surface area (Å²) in [6.45, 7) is 6.57. The Morgan fingerprint density at radius 2 is 1.75 bits per heavy atom. The van der Waals surface area contributed by atoms with Gasteiger partial charge in [-0.1, -0.05) is 29.8 Å². The highest BCUT2D eigenvalue weighted by molar-refractivity contribution is 6.30. The molecule has 1 spiro atoms. The van der Waals surface area contributed by atoms with Gasteiger partial charge in [0.15, 0.2) is 5.79 Å². The van der Waals surface area contributed by atoms with Crippen LogP contribution in [0.1, 0.15) is 34.5 Å². The molecular formula is C25H26ClN3O3. The van der Waals surface area contributed by atoms with Crippen LogP contribution in [-0.4, -0.2) is 52.7 Å². The topological polar surface area (TPSA) is 56.6 Å². The number of nitrogens with zero attached hydrogens (tertiary/aromatic N) is 3. The van der Waals surface area contributed by atoms with Gasteiger partial charge in [-0.05, 0) is 55.3 Å². The van der Waals surface area contributed by atoms with E-state index in [9.17, 15) is 4.79 Å². The third kappa shape index (κ3) is 3.94. The average Bonchev–Trinajstić information content (AvgIpc) is 3.44. The van der Waals surface area contributed by atoms with E-state index in [4.69, 9.17) is 26.2 Å². The largest absolute Gasteiger partial charge is 0.347 e. The molecule has 0 saturated carbocycles. The van der Waals surface area contributed by atoms with Crippen LogP contribution in [0.5, 0.6) is 0 Å². The Bertz CT molecular complexity index is 1160. The summed E-state index contributed by atoms with van der Waals surface area (Å²) in [5, 5.41) is 5.41. The van der Waals surface area contributed by atoms with Gasteiger partial charge in [0, 0.05) is 36.5 Å². The van der Waals surface area contributed by atoms with Crippen LogP contribution in [0.3, 0.4) is 0 Å². The predicted molar refractivity (Wildman–Crippen MR) is 123 cm³/mol. The molecule has 1 amide bonds. The Labute approximate surface area is 192 Å². The van der Waals surface area contributed by atoms with Crippen molar-refractivity contribution in [3.8, 4) is 16.9 Å². The second kappa shape index (κ2) is 8.35. The second-order valence-corrected chi connectivity index (χ2v) is 8.94. The van der Waals surface area contributed by atoms with E-state index in [-0.39, 0.29) is 5.91 Å². The molecule has 2 aliphatic rings. The maximum Gasteiger partial charge on any atom is 0.272 e. The molecular weight excluding hydrogens is 426 g/mol. The summed E-state index contributed by atoms with van der Waals surface area (Å²) in [6, 6.07) is 15.5. The molecule has 3 aromatic rings. The number of amides is 1. The second-order valence-electron chi connectivity index (χ2n) is 8.51. The number of rotatable bonds is 3. The molecule has 2 aliphatic heterocycles. The Balaban J connectivity index is 1.50. The van der Waals surface area contributed by atoms with E-state index in [0.29, 0.717) is 49.9 Å². The number of piperidine rings is 1. The molecule has 3 heterocycles. The van der Waals surface area contributed by atoms with Crippen LogP contribution in [0, 0.1) is 13.8 Å². The lowest BCUT2D eigenvalue weighted by Gasteiger charge is -2.37. The number of carbonyl (C=O) groups is 1. The molecule has 0 bridgehead atoms. The zero-order valence-corrected chi connectivity index (χ0v) is 19.1. The molecule has 32 heavy (non-hydrogen) atoms. The van der Waals surface area contributed by atoms with Gasteiger partial charge in [-0.3, -0.25) is 4.79 Å². The van der Waals surface area contributed by atoms with E-state index in [1.54, 1.807) is 4.68 Å². The highest BCUT2D eigenvalue weighted by atomic mass is 35.5. The molecule has 1 aromatic heterocycles. The van der Waals surface area contributed by atoms with Gasteiger partial charge < -0.3 is 14.4 Å². The van der Waals surface area contributed by atoms with E-state index in [2.05, 4.69) is 26.0 Å². The molecule has 2 saturated heterocycles. The molecule has 0 unspecified atom stereocenters. The number of aryl methyl sites for hydroxylation is 2. The highest BCUT2D eigenvalue weighted by Gasteiger charge is 2.41. The van der Waals surface area contributed by atoms with Crippen LogP contribution in [0.15, 0.2) is 48.5 Å². The summed E-state index contributed by atoms with van der Waals surface area (Å²) in [6.07, 6.45) is 1.35. The first-order chi connectivity index (χ1) is 15.4. The minimum absolute atomic E-state index is 0.0552. The van der Waals surface area contributed by atoms with Crippen LogP contribution < -0.4 is 0 Å². The van der Waals surface area contributed by atoms with Crippen molar-refractivity contribution in [2.75, 3.05) is 26.3 Å². The third-order valence-electron chi connectivity index (χ3n) is 6.41. The van der Waals surface area contributed by atoms with Gasteiger partial charge in [-0.25, -0.2) is 4.68 Å². The lowest BCUT2D eigenvalue weighted by molar-refractivity contribution is -0.181. The van der Waals surface area contributed by atoms with Crippen LogP contribution in [0.4, 0.5) is 0 Å². The molecule has 0 aliphatic carbocycles. The van der Waals surface area contributed by atoms with Crippen molar-refractivity contribution in [2.24, 2.45) is 0 Å². The van der Waals surface area contributed by atoms with E-state index >= 15 is 0 Å². The van der Waals surface area contributed by atoms with Crippen molar-refractivity contribution in [3.63, 3.8) is 0 Å². The smallest absolute Gasteiger partial charge is 0.272 e. The molecule has 2 aromatic carbocycles. The number of hydrogen-bond acceptors (Lipinski definition) is 4. The van der Waals surface area contributed by atoms with Gasteiger partial charge >= 0.3 is 0 Å². The lowest BCUT2D eigenvalue weighted by atomic mass is 10.0. The molecule has 0 atom stereocenters. The van der Waals surface area contributed by atoms with Crippen molar-refractivity contribution in [1.29, 1.82) is 0 Å². The Morgan fingerprint density at radius 3 is 2.44 bits per heavy atom. The fraction of sp³-hybridized carbons (Fsp3) is 0.360. The van der Waals surface area contributed by atoms with Gasteiger partial charge in [0.2, 0.25) is 0 Å². The molecule has 166 valence electrons. The zero-order chi connectivity index (χ0) is 22.3. The number of benzene rings is 2. The van der Waals surface area contributed by atoms with Crippen molar-refractivity contribution in [1.82, 2.24) is 14.7 Å². The SMILES string of the molecule is Cc1ccc(-c2cc(C(=O)N3CCC4(CC3)OCCO4)n(-c3cccc(Cl)c3)n2)cc1C. The average molecular weight is 452 g/mol. The summed E-state index contributed by atoms with van der Waals surface area (Å²) in [4.78, 5) is 15.5. The van der Waals surface area contributed by atoms with Crippen LogP contribution in [0.2, 0.25) is 5.02 Å². The monoisotopic (exact) mass is 451 g/mol. The summed E-state index contributed by atoms with van der Waals surface area (Å²) < 4.78 is 13.3. The summed E-state index contributed by atoms with van der Waals surface area (Å²) >= 11 is 6.24. The number of likely N-dealkylation sites (tertiary alicyclic amines) is 1. The molecule has 5 rings (SSSR count). The summed E-state index contributed by atoms with van der Waals surface area (Å²) in [5.41, 5.74) is 5.42. The third-order valence-corrected chi connectivity index (χ3v) is 6.65. The molecule has 6 nitrogen and oxygen atoms in total. The first kappa shape index (κ1) is 21.2. The maximum absolute atomic E-state index is 13.6. The number of ether oxygens (including phenoxy) is 2. The van der Waals surface area contributed by atoms with Gasteiger partial charge in [-0.2, -0.15) is 5.10 Å². The van der Waals surface area contributed by atoms with E-state index in [1.807, 2.05) is 41.3 Å². The van der Waals surface area contributed by atoms with Gasteiger partial charge in [0.25, 0.3) is 5.91 Å². The van der Waals surface area contributed by atoms with E-state index in [1.165, 1.54) is 11.1 Å².